The maximum Gasteiger partial charge on any atom is 0.350 e. The van der Waals surface area contributed by atoms with Crippen LogP contribution in [0.5, 0.6) is 5.75 Å². The van der Waals surface area contributed by atoms with Gasteiger partial charge < -0.3 is 14.5 Å². The molecule has 0 spiro atoms. The number of ether oxygens (including phenoxy) is 1. The Morgan fingerprint density at radius 3 is 2.70 bits per heavy atom. The molecule has 8 nitrogen and oxygen atoms in total. The third kappa shape index (κ3) is 5.18. The first-order chi connectivity index (χ1) is 20.4. The van der Waals surface area contributed by atoms with Crippen LogP contribution in [0.25, 0.3) is 22.0 Å². The number of rotatable bonds is 5. The highest BCUT2D eigenvalue weighted by Crippen LogP contribution is 2.47. The zero-order valence-electron chi connectivity index (χ0n) is 24.9. The first kappa shape index (κ1) is 29.6. The predicted molar refractivity (Wildman–Crippen MR) is 164 cm³/mol. The molecule has 4 heterocycles. The lowest BCUT2D eigenvalue weighted by atomic mass is 9.98. The summed E-state index contributed by atoms with van der Waals surface area (Å²) in [6, 6.07) is 5.86. The molecular formula is C32H36ClF2N5O3. The van der Waals surface area contributed by atoms with E-state index < -0.39 is 23.2 Å². The molecule has 3 aliphatic heterocycles. The number of carbonyl (C=O) groups excluding carboxylic acids is 1. The number of nitrogens with zero attached hydrogens (tertiary/aromatic N) is 5. The minimum absolute atomic E-state index is 0.124. The maximum absolute atomic E-state index is 15.4. The SMILES string of the molecule is C=CC(=O)N1C[C@H](C)N(c2nc(=O)n3c4c(c(-c5ccc(C)cc5F)c(Cl)cc24)OC[C@@H]3CN2CCC(C)(F)C2)C[C@H]1C. The molecule has 2 fully saturated rings. The number of piperazine rings is 1. The second-order valence-corrected chi connectivity index (χ2v) is 12.8. The number of amides is 1. The Bertz CT molecular complexity index is 1690. The number of benzene rings is 2. The fourth-order valence-electron chi connectivity index (χ4n) is 6.80. The monoisotopic (exact) mass is 611 g/mol. The van der Waals surface area contributed by atoms with E-state index in [0.29, 0.717) is 60.6 Å². The molecule has 4 atom stereocenters. The quantitative estimate of drug-likeness (QED) is 0.372. The molecule has 0 bridgehead atoms. The Kier molecular flexibility index (Phi) is 7.49. The minimum Gasteiger partial charge on any atom is -0.488 e. The van der Waals surface area contributed by atoms with E-state index in [-0.39, 0.29) is 41.7 Å². The molecule has 6 rings (SSSR count). The van der Waals surface area contributed by atoms with Crippen LogP contribution in [0.15, 0.2) is 41.7 Å². The summed E-state index contributed by atoms with van der Waals surface area (Å²) in [7, 11) is 0. The molecule has 1 amide bonds. The number of anilines is 1. The average Bonchev–Trinajstić information content (AvgIpc) is 3.30. The molecule has 2 saturated heterocycles. The van der Waals surface area contributed by atoms with E-state index in [2.05, 4.69) is 11.6 Å². The van der Waals surface area contributed by atoms with Gasteiger partial charge in [0.1, 0.15) is 23.9 Å². The van der Waals surface area contributed by atoms with E-state index in [1.807, 2.05) is 23.6 Å². The van der Waals surface area contributed by atoms with Crippen molar-refractivity contribution in [2.24, 2.45) is 0 Å². The first-order valence-electron chi connectivity index (χ1n) is 14.7. The van der Waals surface area contributed by atoms with Gasteiger partial charge in [-0.1, -0.05) is 30.3 Å². The van der Waals surface area contributed by atoms with Crippen LogP contribution >= 0.6 is 11.6 Å². The van der Waals surface area contributed by atoms with Gasteiger partial charge in [0.05, 0.1) is 16.6 Å². The van der Waals surface area contributed by atoms with Crippen LogP contribution in [-0.2, 0) is 4.79 Å². The summed E-state index contributed by atoms with van der Waals surface area (Å²) in [4.78, 5) is 36.8. The van der Waals surface area contributed by atoms with Crippen LogP contribution in [0.2, 0.25) is 5.02 Å². The smallest absolute Gasteiger partial charge is 0.350 e. The first-order valence-corrected chi connectivity index (χ1v) is 15.1. The molecular weight excluding hydrogens is 576 g/mol. The maximum atomic E-state index is 15.4. The van der Waals surface area contributed by atoms with E-state index in [9.17, 15) is 14.0 Å². The fourth-order valence-corrected chi connectivity index (χ4v) is 7.10. The van der Waals surface area contributed by atoms with E-state index in [1.165, 1.54) is 12.1 Å². The molecule has 11 heteroatoms. The largest absolute Gasteiger partial charge is 0.488 e. The lowest BCUT2D eigenvalue weighted by Crippen LogP contribution is -2.58. The van der Waals surface area contributed by atoms with Crippen molar-refractivity contribution in [2.75, 3.05) is 44.2 Å². The highest BCUT2D eigenvalue weighted by Gasteiger charge is 2.39. The molecule has 2 aromatic carbocycles. The van der Waals surface area contributed by atoms with Gasteiger partial charge in [-0.05, 0) is 57.9 Å². The Labute approximate surface area is 254 Å². The van der Waals surface area contributed by atoms with Crippen molar-refractivity contribution in [3.63, 3.8) is 0 Å². The molecule has 228 valence electrons. The molecule has 0 saturated carbocycles. The van der Waals surface area contributed by atoms with Gasteiger partial charge in [-0.3, -0.25) is 14.3 Å². The van der Waals surface area contributed by atoms with Gasteiger partial charge in [-0.15, -0.1) is 0 Å². The molecule has 3 aromatic rings. The van der Waals surface area contributed by atoms with Gasteiger partial charge in [0, 0.05) is 61.3 Å². The minimum atomic E-state index is -1.29. The number of hydrogen-bond acceptors (Lipinski definition) is 6. The number of alkyl halides is 1. The molecule has 1 aromatic heterocycles. The number of aryl methyl sites for hydroxylation is 1. The van der Waals surface area contributed by atoms with Crippen molar-refractivity contribution >= 4 is 34.2 Å². The van der Waals surface area contributed by atoms with Crippen LogP contribution < -0.4 is 15.3 Å². The normalized spacial score (nSPS) is 25.7. The average molecular weight is 612 g/mol. The van der Waals surface area contributed by atoms with Crippen LogP contribution in [0.3, 0.4) is 0 Å². The third-order valence-electron chi connectivity index (χ3n) is 8.96. The third-order valence-corrected chi connectivity index (χ3v) is 9.26. The molecule has 3 aliphatic rings. The number of aromatic nitrogens is 2. The van der Waals surface area contributed by atoms with Gasteiger partial charge in [0.25, 0.3) is 0 Å². The van der Waals surface area contributed by atoms with E-state index in [4.69, 9.17) is 16.3 Å². The van der Waals surface area contributed by atoms with Crippen molar-refractivity contribution in [1.29, 1.82) is 0 Å². The lowest BCUT2D eigenvalue weighted by molar-refractivity contribution is -0.128. The zero-order valence-corrected chi connectivity index (χ0v) is 25.6. The van der Waals surface area contributed by atoms with E-state index >= 15 is 4.39 Å². The number of likely N-dealkylation sites (tertiary alicyclic amines) is 1. The number of halogens is 3. The van der Waals surface area contributed by atoms with Crippen molar-refractivity contribution < 1.29 is 18.3 Å². The van der Waals surface area contributed by atoms with E-state index in [1.54, 1.807) is 41.5 Å². The van der Waals surface area contributed by atoms with Gasteiger partial charge in [0.15, 0.2) is 5.75 Å². The second-order valence-electron chi connectivity index (χ2n) is 12.4. The summed E-state index contributed by atoms with van der Waals surface area (Å²) in [5.74, 6) is 0.151. The Morgan fingerprint density at radius 1 is 1.26 bits per heavy atom. The summed E-state index contributed by atoms with van der Waals surface area (Å²) < 4.78 is 38.1. The highest BCUT2D eigenvalue weighted by atomic mass is 35.5. The van der Waals surface area contributed by atoms with Crippen molar-refractivity contribution in [3.8, 4) is 16.9 Å². The van der Waals surface area contributed by atoms with Gasteiger partial charge in [0.2, 0.25) is 5.91 Å². The second kappa shape index (κ2) is 10.9. The topological polar surface area (TPSA) is 70.9 Å². The Balaban J connectivity index is 1.54. The van der Waals surface area contributed by atoms with Crippen LogP contribution in [0.1, 0.15) is 38.8 Å². The summed E-state index contributed by atoms with van der Waals surface area (Å²) in [6.07, 6.45) is 1.72. The van der Waals surface area contributed by atoms with Crippen molar-refractivity contribution in [2.45, 2.75) is 57.9 Å². The Morgan fingerprint density at radius 2 is 2.02 bits per heavy atom. The summed E-state index contributed by atoms with van der Waals surface area (Å²) in [5.41, 5.74) is 0.129. The van der Waals surface area contributed by atoms with Crippen LogP contribution in [0, 0.1) is 12.7 Å². The summed E-state index contributed by atoms with van der Waals surface area (Å²) in [6.45, 7) is 13.2. The summed E-state index contributed by atoms with van der Waals surface area (Å²) in [5, 5.41) is 0.866. The number of carbonyl (C=O) groups is 1. The van der Waals surface area contributed by atoms with E-state index in [0.717, 1.165) is 5.56 Å². The molecule has 43 heavy (non-hydrogen) atoms. The van der Waals surface area contributed by atoms with Crippen molar-refractivity contribution in [3.05, 3.63) is 63.8 Å². The summed E-state index contributed by atoms with van der Waals surface area (Å²) >= 11 is 6.92. The Hall–Kier alpha value is -3.50. The van der Waals surface area contributed by atoms with Gasteiger partial charge in [-0.25, -0.2) is 13.6 Å². The van der Waals surface area contributed by atoms with Crippen LogP contribution in [0.4, 0.5) is 14.6 Å². The van der Waals surface area contributed by atoms with Gasteiger partial charge >= 0.3 is 5.69 Å². The zero-order chi connectivity index (χ0) is 30.8. The highest BCUT2D eigenvalue weighted by molar-refractivity contribution is 6.35. The lowest BCUT2D eigenvalue weighted by Gasteiger charge is -2.45. The van der Waals surface area contributed by atoms with Gasteiger partial charge in [-0.2, -0.15) is 4.98 Å². The number of hydrogen-bond donors (Lipinski definition) is 0. The molecule has 0 N–H and O–H groups in total. The molecule has 1 unspecified atom stereocenters. The van der Waals surface area contributed by atoms with Crippen molar-refractivity contribution in [1.82, 2.24) is 19.4 Å². The molecule has 0 aliphatic carbocycles. The van der Waals surface area contributed by atoms with Crippen LogP contribution in [-0.4, -0.2) is 82.3 Å². The standard InChI is InChI=1S/C32H36ClF2N5O3/c1-6-26(41)38-13-20(4)39(14-19(38)3)30-23-12-24(33)27(22-8-7-18(2)11-25(22)34)29-28(23)40(31(42)36-30)21(16-43-29)15-37-10-9-32(5,35)17-37/h6-8,11-12,19-21H,1,9-10,13-17H2,2-5H3/t19-,20+,21+,32?/m1/s1. The fraction of sp³-hybridized carbons (Fsp3) is 0.469. The molecule has 0 radical (unpaired) electrons. The predicted octanol–water partition coefficient (Wildman–Crippen LogP) is 5.14.